The van der Waals surface area contributed by atoms with Crippen molar-refractivity contribution in [1.29, 1.82) is 0 Å². The highest BCUT2D eigenvalue weighted by atomic mass is 16.5. The summed E-state index contributed by atoms with van der Waals surface area (Å²) in [7, 11) is 1.61. The molecule has 7 nitrogen and oxygen atoms in total. The molecule has 1 aromatic heterocycles. The maximum absolute atomic E-state index is 11.7. The number of benzene rings is 2. The number of carbonyl (C=O) groups is 1. The van der Waals surface area contributed by atoms with Crippen LogP contribution >= 0.6 is 0 Å². The first-order chi connectivity index (χ1) is 12.5. The molecule has 2 aromatic carbocycles. The molecule has 0 aliphatic carbocycles. The maximum Gasteiger partial charge on any atom is 0.319 e. The summed E-state index contributed by atoms with van der Waals surface area (Å²) >= 11 is 0. The number of rotatable bonds is 5. The van der Waals surface area contributed by atoms with E-state index in [-0.39, 0.29) is 12.1 Å². The van der Waals surface area contributed by atoms with Crippen LogP contribution in [0.4, 0.5) is 10.5 Å². The normalized spacial score (nSPS) is 10.6. The van der Waals surface area contributed by atoms with Crippen LogP contribution in [0.25, 0.3) is 22.8 Å². The molecule has 0 spiro atoms. The Bertz CT molecular complexity index is 888. The molecule has 0 saturated heterocycles. The van der Waals surface area contributed by atoms with Crippen LogP contribution in [0.2, 0.25) is 0 Å². The van der Waals surface area contributed by atoms with Crippen LogP contribution in [-0.4, -0.2) is 29.3 Å². The van der Waals surface area contributed by atoms with Crippen molar-refractivity contribution in [2.75, 3.05) is 12.4 Å². The number of hydrogen-bond acceptors (Lipinski definition) is 5. The Morgan fingerprint density at radius 2 is 1.88 bits per heavy atom. The van der Waals surface area contributed by atoms with E-state index in [0.717, 1.165) is 16.9 Å². The summed E-state index contributed by atoms with van der Waals surface area (Å²) in [6.45, 7) is 3.80. The number of nitrogens with zero attached hydrogens (tertiary/aromatic N) is 2. The second kappa shape index (κ2) is 7.69. The lowest BCUT2D eigenvalue weighted by Gasteiger charge is -2.10. The van der Waals surface area contributed by atoms with Crippen LogP contribution in [0.3, 0.4) is 0 Å². The molecule has 3 aromatic rings. The highest BCUT2D eigenvalue weighted by Crippen LogP contribution is 2.25. The zero-order valence-corrected chi connectivity index (χ0v) is 14.8. The fourth-order valence-electron chi connectivity index (χ4n) is 2.35. The number of hydrogen-bond donors (Lipinski definition) is 2. The number of nitrogens with one attached hydrogen (secondary N) is 2. The third-order valence-corrected chi connectivity index (χ3v) is 3.56. The van der Waals surface area contributed by atoms with Gasteiger partial charge in [-0.15, -0.1) is 0 Å². The lowest BCUT2D eigenvalue weighted by Crippen LogP contribution is -2.34. The highest BCUT2D eigenvalue weighted by Gasteiger charge is 2.11. The molecule has 7 heteroatoms. The zero-order chi connectivity index (χ0) is 18.5. The van der Waals surface area contributed by atoms with E-state index < -0.39 is 0 Å². The third kappa shape index (κ3) is 4.18. The van der Waals surface area contributed by atoms with Crippen LogP contribution in [-0.2, 0) is 0 Å². The zero-order valence-electron chi connectivity index (χ0n) is 14.8. The number of aromatic nitrogens is 2. The van der Waals surface area contributed by atoms with Gasteiger partial charge in [0.25, 0.3) is 5.89 Å². The lowest BCUT2D eigenvalue weighted by atomic mass is 10.2. The molecule has 2 N–H and O–H groups in total. The molecule has 0 radical (unpaired) electrons. The van der Waals surface area contributed by atoms with Crippen molar-refractivity contribution in [2.45, 2.75) is 19.9 Å². The molecule has 0 aliphatic heterocycles. The standard InChI is InChI=1S/C19H20N4O3/c1-12(2)20-19(24)21-15-9-7-13(8-10-15)17-22-18(26-23-17)14-5-4-6-16(11-14)25-3/h4-12H,1-3H3,(H2,20,21,24). The lowest BCUT2D eigenvalue weighted by molar-refractivity contribution is 0.250. The summed E-state index contributed by atoms with van der Waals surface area (Å²) in [5, 5.41) is 9.56. The number of methoxy groups -OCH3 is 1. The Morgan fingerprint density at radius 3 is 2.58 bits per heavy atom. The van der Waals surface area contributed by atoms with Gasteiger partial charge in [0.2, 0.25) is 5.82 Å². The largest absolute Gasteiger partial charge is 0.497 e. The summed E-state index contributed by atoms with van der Waals surface area (Å²) in [4.78, 5) is 16.1. The van der Waals surface area contributed by atoms with Gasteiger partial charge in [0, 0.05) is 22.9 Å². The molecule has 1 heterocycles. The first-order valence-electron chi connectivity index (χ1n) is 8.21. The fraction of sp³-hybridized carbons (Fsp3) is 0.211. The van der Waals surface area contributed by atoms with Gasteiger partial charge < -0.3 is 19.9 Å². The second-order valence-corrected chi connectivity index (χ2v) is 5.99. The highest BCUT2D eigenvalue weighted by molar-refractivity contribution is 5.89. The first kappa shape index (κ1) is 17.5. The molecular formula is C19H20N4O3. The molecule has 0 aliphatic rings. The van der Waals surface area contributed by atoms with Crippen molar-refractivity contribution in [2.24, 2.45) is 0 Å². The molecule has 134 valence electrons. The van der Waals surface area contributed by atoms with Crippen LogP contribution in [0.15, 0.2) is 53.1 Å². The summed E-state index contributed by atoms with van der Waals surface area (Å²) in [6.07, 6.45) is 0. The molecule has 26 heavy (non-hydrogen) atoms. The van der Waals surface area contributed by atoms with Gasteiger partial charge in [0.1, 0.15) is 5.75 Å². The van der Waals surface area contributed by atoms with E-state index in [1.165, 1.54) is 0 Å². The van der Waals surface area contributed by atoms with Gasteiger partial charge >= 0.3 is 6.03 Å². The predicted molar refractivity (Wildman–Crippen MR) is 99.0 cm³/mol. The summed E-state index contributed by atoms with van der Waals surface area (Å²) in [5.74, 6) is 1.61. The minimum absolute atomic E-state index is 0.0728. The number of amides is 2. The summed E-state index contributed by atoms with van der Waals surface area (Å²) in [5.41, 5.74) is 2.26. The topological polar surface area (TPSA) is 89.3 Å². The van der Waals surface area contributed by atoms with E-state index in [2.05, 4.69) is 20.8 Å². The fourth-order valence-corrected chi connectivity index (χ4v) is 2.35. The Balaban J connectivity index is 1.74. The van der Waals surface area contributed by atoms with E-state index in [4.69, 9.17) is 9.26 Å². The number of ether oxygens (including phenoxy) is 1. The van der Waals surface area contributed by atoms with Gasteiger partial charge in [0.05, 0.1) is 7.11 Å². The molecule has 3 rings (SSSR count). The minimum Gasteiger partial charge on any atom is -0.497 e. The summed E-state index contributed by atoms with van der Waals surface area (Å²) < 4.78 is 10.6. The van der Waals surface area contributed by atoms with Crippen molar-refractivity contribution in [1.82, 2.24) is 15.5 Å². The average Bonchev–Trinajstić information content (AvgIpc) is 3.12. The summed E-state index contributed by atoms with van der Waals surface area (Å²) in [6, 6.07) is 14.5. The average molecular weight is 352 g/mol. The van der Waals surface area contributed by atoms with Crippen molar-refractivity contribution in [3.05, 3.63) is 48.5 Å². The van der Waals surface area contributed by atoms with Crippen molar-refractivity contribution in [3.8, 4) is 28.6 Å². The molecule has 2 amide bonds. The molecule has 0 saturated carbocycles. The molecule has 0 fully saturated rings. The molecule has 0 atom stereocenters. The predicted octanol–water partition coefficient (Wildman–Crippen LogP) is 3.94. The van der Waals surface area contributed by atoms with E-state index in [1.807, 2.05) is 50.2 Å². The van der Waals surface area contributed by atoms with Gasteiger partial charge in [-0.3, -0.25) is 0 Å². The monoisotopic (exact) mass is 352 g/mol. The Hall–Kier alpha value is -3.35. The quantitative estimate of drug-likeness (QED) is 0.726. The maximum atomic E-state index is 11.7. The third-order valence-electron chi connectivity index (χ3n) is 3.56. The second-order valence-electron chi connectivity index (χ2n) is 5.99. The molecule has 0 unspecified atom stereocenters. The van der Waals surface area contributed by atoms with E-state index in [9.17, 15) is 4.79 Å². The number of carbonyl (C=O) groups excluding carboxylic acids is 1. The molecule has 0 bridgehead atoms. The van der Waals surface area contributed by atoms with E-state index in [1.54, 1.807) is 19.2 Å². The minimum atomic E-state index is -0.243. The van der Waals surface area contributed by atoms with Crippen molar-refractivity contribution < 1.29 is 14.1 Å². The number of urea groups is 1. The van der Waals surface area contributed by atoms with Gasteiger partial charge in [-0.05, 0) is 56.3 Å². The van der Waals surface area contributed by atoms with Crippen LogP contribution in [0.1, 0.15) is 13.8 Å². The Morgan fingerprint density at radius 1 is 1.12 bits per heavy atom. The SMILES string of the molecule is COc1cccc(-c2nc(-c3ccc(NC(=O)NC(C)C)cc3)no2)c1. The molecular weight excluding hydrogens is 332 g/mol. The van der Waals surface area contributed by atoms with Gasteiger partial charge in [-0.1, -0.05) is 11.2 Å². The van der Waals surface area contributed by atoms with Gasteiger partial charge in [0.15, 0.2) is 0 Å². The smallest absolute Gasteiger partial charge is 0.319 e. The van der Waals surface area contributed by atoms with Crippen molar-refractivity contribution >= 4 is 11.7 Å². The van der Waals surface area contributed by atoms with Gasteiger partial charge in [-0.25, -0.2) is 4.79 Å². The first-order valence-corrected chi connectivity index (χ1v) is 8.21. The van der Waals surface area contributed by atoms with Crippen molar-refractivity contribution in [3.63, 3.8) is 0 Å². The van der Waals surface area contributed by atoms with E-state index in [0.29, 0.717) is 17.4 Å². The van der Waals surface area contributed by atoms with Gasteiger partial charge in [-0.2, -0.15) is 4.98 Å². The van der Waals surface area contributed by atoms with Crippen LogP contribution in [0.5, 0.6) is 5.75 Å². The Labute approximate surface area is 151 Å². The number of anilines is 1. The van der Waals surface area contributed by atoms with E-state index >= 15 is 0 Å². The van der Waals surface area contributed by atoms with Crippen LogP contribution < -0.4 is 15.4 Å². The Kier molecular flexibility index (Phi) is 5.17. The van der Waals surface area contributed by atoms with Crippen LogP contribution in [0, 0.1) is 0 Å².